The SMILES string of the molecule is CC.CC.Cc1cccc2cc(C#N)cc(C)c12. The summed E-state index contributed by atoms with van der Waals surface area (Å²) >= 11 is 0. The Labute approximate surface area is 111 Å². The smallest absolute Gasteiger partial charge is 0.0991 e. The van der Waals surface area contributed by atoms with E-state index in [9.17, 15) is 0 Å². The number of benzene rings is 2. The van der Waals surface area contributed by atoms with Crippen LogP contribution in [0.2, 0.25) is 0 Å². The van der Waals surface area contributed by atoms with E-state index in [2.05, 4.69) is 32.0 Å². The van der Waals surface area contributed by atoms with E-state index < -0.39 is 0 Å². The molecule has 0 aliphatic rings. The fraction of sp³-hybridized carbons (Fsp3) is 0.353. The van der Waals surface area contributed by atoms with Crippen LogP contribution >= 0.6 is 0 Å². The predicted octanol–water partition coefficient (Wildman–Crippen LogP) is 5.38. The van der Waals surface area contributed by atoms with Crippen LogP contribution in [0, 0.1) is 25.2 Å². The van der Waals surface area contributed by atoms with Gasteiger partial charge in [-0.2, -0.15) is 5.26 Å². The van der Waals surface area contributed by atoms with E-state index in [4.69, 9.17) is 5.26 Å². The maximum absolute atomic E-state index is 8.84. The van der Waals surface area contributed by atoms with E-state index >= 15 is 0 Å². The van der Waals surface area contributed by atoms with Gasteiger partial charge in [-0.15, -0.1) is 0 Å². The number of nitrogens with zero attached hydrogens (tertiary/aromatic N) is 1. The van der Waals surface area contributed by atoms with E-state index in [1.807, 2.05) is 45.9 Å². The summed E-state index contributed by atoms with van der Waals surface area (Å²) in [6.07, 6.45) is 0. The summed E-state index contributed by atoms with van der Waals surface area (Å²) in [5, 5.41) is 11.3. The molecule has 0 radical (unpaired) electrons. The molecular formula is C17H23N. The van der Waals surface area contributed by atoms with Crippen molar-refractivity contribution >= 4 is 10.8 Å². The molecule has 2 aromatic carbocycles. The molecule has 0 fully saturated rings. The van der Waals surface area contributed by atoms with Crippen molar-refractivity contribution in [2.45, 2.75) is 41.5 Å². The van der Waals surface area contributed by atoms with Gasteiger partial charge in [0.2, 0.25) is 0 Å². The summed E-state index contributed by atoms with van der Waals surface area (Å²) in [7, 11) is 0. The Morgan fingerprint density at radius 3 is 2.06 bits per heavy atom. The zero-order valence-electron chi connectivity index (χ0n) is 12.3. The molecular weight excluding hydrogens is 218 g/mol. The van der Waals surface area contributed by atoms with Crippen LogP contribution < -0.4 is 0 Å². The van der Waals surface area contributed by atoms with Crippen molar-refractivity contribution in [1.29, 1.82) is 5.26 Å². The topological polar surface area (TPSA) is 23.8 Å². The van der Waals surface area contributed by atoms with Gasteiger partial charge < -0.3 is 0 Å². The Hall–Kier alpha value is -1.81. The lowest BCUT2D eigenvalue weighted by Crippen LogP contribution is -1.85. The Kier molecular flexibility index (Phi) is 7.47. The van der Waals surface area contributed by atoms with Gasteiger partial charge in [0.1, 0.15) is 0 Å². The van der Waals surface area contributed by atoms with Gasteiger partial charge in [0, 0.05) is 0 Å². The van der Waals surface area contributed by atoms with Gasteiger partial charge in [-0.3, -0.25) is 0 Å². The Balaban J connectivity index is 0.000000659. The van der Waals surface area contributed by atoms with E-state index in [1.54, 1.807) is 0 Å². The lowest BCUT2D eigenvalue weighted by Gasteiger charge is -2.05. The summed E-state index contributed by atoms with van der Waals surface area (Å²) < 4.78 is 0. The monoisotopic (exact) mass is 241 g/mol. The molecule has 0 atom stereocenters. The molecule has 0 unspecified atom stereocenters. The molecule has 0 aliphatic carbocycles. The molecule has 0 saturated carbocycles. The quantitative estimate of drug-likeness (QED) is 0.607. The van der Waals surface area contributed by atoms with Gasteiger partial charge in [-0.05, 0) is 47.9 Å². The Morgan fingerprint density at radius 2 is 1.50 bits per heavy atom. The first-order chi connectivity index (χ1) is 8.72. The van der Waals surface area contributed by atoms with Gasteiger partial charge in [0.05, 0.1) is 11.6 Å². The summed E-state index contributed by atoms with van der Waals surface area (Å²) in [6, 6.07) is 12.2. The van der Waals surface area contributed by atoms with Crippen molar-refractivity contribution in [2.75, 3.05) is 0 Å². The first-order valence-electron chi connectivity index (χ1n) is 6.62. The number of fused-ring (bicyclic) bond motifs is 1. The average molecular weight is 241 g/mol. The molecule has 0 bridgehead atoms. The summed E-state index contributed by atoms with van der Waals surface area (Å²) in [5.41, 5.74) is 3.18. The van der Waals surface area contributed by atoms with Crippen molar-refractivity contribution in [3.05, 3.63) is 47.0 Å². The Morgan fingerprint density at radius 1 is 0.889 bits per heavy atom. The van der Waals surface area contributed by atoms with E-state index in [-0.39, 0.29) is 0 Å². The average Bonchev–Trinajstić information content (AvgIpc) is 2.43. The Bertz CT molecular complexity index is 533. The fourth-order valence-corrected chi connectivity index (χ4v) is 1.93. The second kappa shape index (κ2) is 8.31. The van der Waals surface area contributed by atoms with Crippen LogP contribution in [0.4, 0.5) is 0 Å². The van der Waals surface area contributed by atoms with E-state index in [0.29, 0.717) is 0 Å². The molecule has 1 heteroatoms. The molecule has 0 spiro atoms. The third-order valence-corrected chi connectivity index (χ3v) is 2.51. The van der Waals surface area contributed by atoms with Crippen LogP contribution in [0.5, 0.6) is 0 Å². The molecule has 0 aliphatic heterocycles. The maximum Gasteiger partial charge on any atom is 0.0991 e. The van der Waals surface area contributed by atoms with Gasteiger partial charge in [-0.1, -0.05) is 45.9 Å². The zero-order valence-corrected chi connectivity index (χ0v) is 12.3. The summed E-state index contributed by atoms with van der Waals surface area (Å²) in [6.45, 7) is 12.2. The number of rotatable bonds is 0. The molecule has 0 aromatic heterocycles. The first kappa shape index (κ1) is 16.2. The fourth-order valence-electron chi connectivity index (χ4n) is 1.93. The van der Waals surface area contributed by atoms with Gasteiger partial charge in [0.25, 0.3) is 0 Å². The number of aryl methyl sites for hydroxylation is 2. The molecule has 0 saturated heterocycles. The normalized spacial score (nSPS) is 8.50. The van der Waals surface area contributed by atoms with Crippen LogP contribution in [0.3, 0.4) is 0 Å². The van der Waals surface area contributed by atoms with Crippen LogP contribution in [-0.4, -0.2) is 0 Å². The molecule has 18 heavy (non-hydrogen) atoms. The molecule has 0 N–H and O–H groups in total. The standard InChI is InChI=1S/C13H11N.2C2H6/c1-9-4-3-5-12-7-11(8-14)6-10(2)13(9)12;2*1-2/h3-7H,1-2H3;2*1-2H3. The number of hydrogen-bond donors (Lipinski definition) is 0. The molecule has 0 heterocycles. The van der Waals surface area contributed by atoms with Crippen molar-refractivity contribution in [2.24, 2.45) is 0 Å². The largest absolute Gasteiger partial charge is 0.192 e. The van der Waals surface area contributed by atoms with Crippen molar-refractivity contribution in [3.63, 3.8) is 0 Å². The second-order valence-electron chi connectivity index (χ2n) is 3.58. The van der Waals surface area contributed by atoms with E-state index in [1.165, 1.54) is 16.5 Å². The predicted molar refractivity (Wildman–Crippen MR) is 80.8 cm³/mol. The minimum absolute atomic E-state index is 0.737. The second-order valence-corrected chi connectivity index (χ2v) is 3.58. The molecule has 2 aromatic rings. The van der Waals surface area contributed by atoms with E-state index in [0.717, 1.165) is 10.9 Å². The molecule has 1 nitrogen and oxygen atoms in total. The first-order valence-corrected chi connectivity index (χ1v) is 6.62. The number of nitriles is 1. The lowest BCUT2D eigenvalue weighted by molar-refractivity contribution is 1.43. The van der Waals surface area contributed by atoms with Crippen LogP contribution in [-0.2, 0) is 0 Å². The van der Waals surface area contributed by atoms with Crippen molar-refractivity contribution in [3.8, 4) is 6.07 Å². The van der Waals surface area contributed by atoms with Crippen LogP contribution in [0.1, 0.15) is 44.4 Å². The van der Waals surface area contributed by atoms with Crippen molar-refractivity contribution < 1.29 is 0 Å². The zero-order chi connectivity index (χ0) is 14.1. The van der Waals surface area contributed by atoms with Crippen molar-refractivity contribution in [1.82, 2.24) is 0 Å². The highest BCUT2D eigenvalue weighted by molar-refractivity contribution is 5.89. The minimum atomic E-state index is 0.737. The van der Waals surface area contributed by atoms with Gasteiger partial charge in [0.15, 0.2) is 0 Å². The maximum atomic E-state index is 8.84. The highest BCUT2D eigenvalue weighted by Gasteiger charge is 2.02. The van der Waals surface area contributed by atoms with Crippen LogP contribution in [0.25, 0.3) is 10.8 Å². The molecule has 96 valence electrons. The molecule has 0 amide bonds. The third-order valence-electron chi connectivity index (χ3n) is 2.51. The highest BCUT2D eigenvalue weighted by atomic mass is 14.2. The van der Waals surface area contributed by atoms with Gasteiger partial charge in [-0.25, -0.2) is 0 Å². The third kappa shape index (κ3) is 3.60. The highest BCUT2D eigenvalue weighted by Crippen LogP contribution is 2.23. The molecule has 2 rings (SSSR count). The minimum Gasteiger partial charge on any atom is -0.192 e. The van der Waals surface area contributed by atoms with Crippen LogP contribution in [0.15, 0.2) is 30.3 Å². The summed E-state index contributed by atoms with van der Waals surface area (Å²) in [5.74, 6) is 0. The summed E-state index contributed by atoms with van der Waals surface area (Å²) in [4.78, 5) is 0. The number of hydrogen-bond acceptors (Lipinski definition) is 1. The van der Waals surface area contributed by atoms with Gasteiger partial charge >= 0.3 is 0 Å². The lowest BCUT2D eigenvalue weighted by atomic mass is 9.98.